The summed E-state index contributed by atoms with van der Waals surface area (Å²) >= 11 is 7.18. The van der Waals surface area contributed by atoms with Crippen LogP contribution in [0.25, 0.3) is 0 Å². The summed E-state index contributed by atoms with van der Waals surface area (Å²) in [5, 5.41) is 17.0. The molecule has 0 fully saturated rings. The zero-order valence-electron chi connectivity index (χ0n) is 19.4. The summed E-state index contributed by atoms with van der Waals surface area (Å²) in [6, 6.07) is 27.8. The summed E-state index contributed by atoms with van der Waals surface area (Å²) in [5.74, 6) is -1.71. The highest BCUT2D eigenvalue weighted by Gasteiger charge is 2.39. The number of aliphatic imine (C=N–C) groups is 1. The summed E-state index contributed by atoms with van der Waals surface area (Å²) in [4.78, 5) is 30.6. The van der Waals surface area contributed by atoms with E-state index in [1.54, 1.807) is 31.2 Å². The summed E-state index contributed by atoms with van der Waals surface area (Å²) in [6.45, 7) is 1.75. The number of halogens is 1. The van der Waals surface area contributed by atoms with E-state index in [4.69, 9.17) is 11.6 Å². The minimum atomic E-state index is -0.725. The Kier molecular flexibility index (Phi) is 8.21. The predicted molar refractivity (Wildman–Crippen MR) is 146 cm³/mol. The van der Waals surface area contributed by atoms with Gasteiger partial charge in [-0.25, -0.2) is 4.99 Å². The monoisotopic (exact) mass is 514 g/mol. The molecule has 3 aromatic rings. The molecule has 0 saturated heterocycles. The first-order valence-corrected chi connectivity index (χ1v) is 12.6. The number of carbonyl (C=O) groups is 2. The summed E-state index contributed by atoms with van der Waals surface area (Å²) in [6.07, 6.45) is 0. The fraction of sp³-hybridized carbons (Fsp3) is 0.143. The van der Waals surface area contributed by atoms with Crippen molar-refractivity contribution >= 4 is 51.6 Å². The maximum Gasteiger partial charge on any atom is 0.254 e. The van der Waals surface area contributed by atoms with Crippen LogP contribution in [0.15, 0.2) is 101 Å². The Hall–Kier alpha value is -3.86. The number of para-hydroxylation sites is 1. The van der Waals surface area contributed by atoms with Gasteiger partial charge < -0.3 is 10.6 Å². The van der Waals surface area contributed by atoms with Crippen LogP contribution in [0.2, 0.25) is 5.02 Å². The summed E-state index contributed by atoms with van der Waals surface area (Å²) in [5.41, 5.74) is 3.04. The largest absolute Gasteiger partial charge is 0.325 e. The van der Waals surface area contributed by atoms with Crippen molar-refractivity contribution < 1.29 is 9.59 Å². The van der Waals surface area contributed by atoms with Crippen LogP contribution in [-0.4, -0.2) is 22.6 Å². The van der Waals surface area contributed by atoms with Crippen LogP contribution in [0.5, 0.6) is 0 Å². The molecule has 8 heteroatoms. The van der Waals surface area contributed by atoms with Gasteiger partial charge in [-0.05, 0) is 48.9 Å². The quantitative estimate of drug-likeness (QED) is 0.406. The molecule has 1 aliphatic rings. The van der Waals surface area contributed by atoms with Crippen LogP contribution >= 0.6 is 23.4 Å². The average molecular weight is 515 g/mol. The number of nitrogens with zero attached hydrogens (tertiary/aromatic N) is 2. The Labute approximate surface area is 219 Å². The standard InChI is InChI=1S/C28H23ClN4O2S/c1-18-25(27(35)33-22-14-12-20(29)13-15-22)26(19-8-4-2-5-9-19)23(16-30)28(31-18)36-17-24(34)32-21-10-6-3-7-11-21/h2-15,23,26H,17H2,1H3,(H,32,34)(H,33,35). The van der Waals surface area contributed by atoms with Gasteiger partial charge in [-0.2, -0.15) is 5.26 Å². The average Bonchev–Trinajstić information content (AvgIpc) is 2.89. The number of nitriles is 1. The molecule has 180 valence electrons. The topological polar surface area (TPSA) is 94.4 Å². The number of hydrogen-bond donors (Lipinski definition) is 2. The molecule has 2 amide bonds. The molecule has 2 N–H and O–H groups in total. The van der Waals surface area contributed by atoms with E-state index in [0.717, 1.165) is 5.56 Å². The molecule has 0 aliphatic carbocycles. The molecular formula is C28H23ClN4O2S. The number of carbonyl (C=O) groups excluding carboxylic acids is 2. The maximum absolute atomic E-state index is 13.4. The Morgan fingerprint density at radius 1 is 0.944 bits per heavy atom. The molecule has 0 radical (unpaired) electrons. The van der Waals surface area contributed by atoms with Gasteiger partial charge in [0.2, 0.25) is 5.91 Å². The molecule has 6 nitrogen and oxygen atoms in total. The molecule has 0 spiro atoms. The molecular weight excluding hydrogens is 492 g/mol. The van der Waals surface area contributed by atoms with Gasteiger partial charge in [-0.15, -0.1) is 0 Å². The first-order valence-electron chi connectivity index (χ1n) is 11.2. The van der Waals surface area contributed by atoms with Crippen LogP contribution in [0.1, 0.15) is 18.4 Å². The van der Waals surface area contributed by atoms with E-state index in [2.05, 4.69) is 21.7 Å². The second-order valence-corrected chi connectivity index (χ2v) is 9.54. The van der Waals surface area contributed by atoms with Gasteiger partial charge in [0, 0.05) is 33.6 Å². The lowest BCUT2D eigenvalue weighted by Gasteiger charge is -2.30. The van der Waals surface area contributed by atoms with Gasteiger partial charge >= 0.3 is 0 Å². The molecule has 2 unspecified atom stereocenters. The lowest BCUT2D eigenvalue weighted by Crippen LogP contribution is -2.31. The number of thioether (sulfide) groups is 1. The predicted octanol–water partition coefficient (Wildman–Crippen LogP) is 6.26. The molecule has 3 aromatic carbocycles. The van der Waals surface area contributed by atoms with Gasteiger partial charge in [-0.1, -0.05) is 71.9 Å². The van der Waals surface area contributed by atoms with E-state index < -0.39 is 11.8 Å². The smallest absolute Gasteiger partial charge is 0.254 e. The van der Waals surface area contributed by atoms with Crippen LogP contribution in [0.4, 0.5) is 11.4 Å². The Morgan fingerprint density at radius 3 is 2.19 bits per heavy atom. The van der Waals surface area contributed by atoms with Crippen LogP contribution < -0.4 is 10.6 Å². The van der Waals surface area contributed by atoms with Gasteiger partial charge in [0.05, 0.1) is 16.9 Å². The van der Waals surface area contributed by atoms with E-state index in [1.165, 1.54) is 11.8 Å². The second kappa shape index (κ2) is 11.7. The minimum absolute atomic E-state index is 0.0903. The Morgan fingerprint density at radius 2 is 1.56 bits per heavy atom. The van der Waals surface area contributed by atoms with E-state index in [9.17, 15) is 14.9 Å². The number of allylic oxidation sites excluding steroid dienone is 1. The normalized spacial score (nSPS) is 17.1. The molecule has 0 aromatic heterocycles. The highest BCUT2D eigenvalue weighted by atomic mass is 35.5. The Bertz CT molecular complexity index is 1350. The van der Waals surface area contributed by atoms with Crippen LogP contribution in [-0.2, 0) is 9.59 Å². The van der Waals surface area contributed by atoms with Crippen LogP contribution in [0.3, 0.4) is 0 Å². The molecule has 1 heterocycles. The van der Waals surface area contributed by atoms with Crippen molar-refractivity contribution in [2.75, 3.05) is 16.4 Å². The van der Waals surface area contributed by atoms with Crippen molar-refractivity contribution in [1.29, 1.82) is 5.26 Å². The molecule has 4 rings (SSSR count). The van der Waals surface area contributed by atoms with Gasteiger partial charge in [0.25, 0.3) is 5.91 Å². The van der Waals surface area contributed by atoms with Crippen molar-refractivity contribution in [3.8, 4) is 6.07 Å². The minimum Gasteiger partial charge on any atom is -0.325 e. The third kappa shape index (κ3) is 6.03. The van der Waals surface area contributed by atoms with Gasteiger partial charge in [0.1, 0.15) is 5.92 Å². The van der Waals surface area contributed by atoms with E-state index >= 15 is 0 Å². The van der Waals surface area contributed by atoms with Crippen molar-refractivity contribution in [2.24, 2.45) is 10.9 Å². The van der Waals surface area contributed by atoms with E-state index in [0.29, 0.717) is 32.7 Å². The molecule has 0 bridgehead atoms. The molecule has 1 aliphatic heterocycles. The first-order chi connectivity index (χ1) is 17.5. The van der Waals surface area contributed by atoms with Crippen molar-refractivity contribution in [2.45, 2.75) is 12.8 Å². The van der Waals surface area contributed by atoms with E-state index in [-0.39, 0.29) is 17.6 Å². The number of rotatable bonds is 6. The number of benzene rings is 3. The number of anilines is 2. The number of amides is 2. The van der Waals surface area contributed by atoms with E-state index in [1.807, 2.05) is 60.7 Å². The maximum atomic E-state index is 13.4. The molecule has 2 atom stereocenters. The van der Waals surface area contributed by atoms with Gasteiger partial charge in [0.15, 0.2) is 0 Å². The number of hydrogen-bond acceptors (Lipinski definition) is 5. The lowest BCUT2D eigenvalue weighted by atomic mass is 9.78. The van der Waals surface area contributed by atoms with Gasteiger partial charge in [-0.3, -0.25) is 9.59 Å². The Balaban J connectivity index is 1.62. The summed E-state index contributed by atoms with van der Waals surface area (Å²) < 4.78 is 0. The third-order valence-corrected chi connectivity index (χ3v) is 6.93. The SMILES string of the molecule is CC1=C(C(=O)Nc2ccc(Cl)cc2)C(c2ccccc2)C(C#N)C(SCC(=O)Nc2ccccc2)=N1. The first kappa shape index (κ1) is 25.2. The molecule has 36 heavy (non-hydrogen) atoms. The lowest BCUT2D eigenvalue weighted by molar-refractivity contribution is -0.114. The number of nitrogens with one attached hydrogen (secondary N) is 2. The second-order valence-electron chi connectivity index (χ2n) is 8.11. The highest BCUT2D eigenvalue weighted by Crippen LogP contribution is 2.41. The summed E-state index contributed by atoms with van der Waals surface area (Å²) in [7, 11) is 0. The van der Waals surface area contributed by atoms with Crippen molar-refractivity contribution in [3.05, 3.63) is 107 Å². The fourth-order valence-corrected chi connectivity index (χ4v) is 5.04. The van der Waals surface area contributed by atoms with Crippen LogP contribution in [0, 0.1) is 17.2 Å². The fourth-order valence-electron chi connectivity index (χ4n) is 4.00. The molecule has 0 saturated carbocycles. The zero-order valence-corrected chi connectivity index (χ0v) is 21.0. The van der Waals surface area contributed by atoms with Crippen molar-refractivity contribution in [3.63, 3.8) is 0 Å². The van der Waals surface area contributed by atoms with Crippen molar-refractivity contribution in [1.82, 2.24) is 0 Å². The highest BCUT2D eigenvalue weighted by molar-refractivity contribution is 8.14. The zero-order chi connectivity index (χ0) is 25.5. The third-order valence-electron chi connectivity index (χ3n) is 5.63.